The highest BCUT2D eigenvalue weighted by Gasteiger charge is 2.47. The van der Waals surface area contributed by atoms with Gasteiger partial charge in [-0.05, 0) is 41.2 Å². The summed E-state index contributed by atoms with van der Waals surface area (Å²) in [6, 6.07) is -0.987. The second kappa shape index (κ2) is 37.7. The van der Waals surface area contributed by atoms with Crippen LogP contribution in [0.2, 0.25) is 0 Å². The molecule has 356 valence electrons. The molecule has 62 heavy (non-hydrogen) atoms. The molecule has 0 aromatic heterocycles. The summed E-state index contributed by atoms with van der Waals surface area (Å²) in [6.45, 7) is 5.90. The van der Waals surface area contributed by atoms with Crippen LogP contribution in [-0.4, -0.2) is 154 Å². The molecule has 0 aliphatic rings. The van der Waals surface area contributed by atoms with Crippen LogP contribution in [0.1, 0.15) is 84.0 Å². The van der Waals surface area contributed by atoms with E-state index in [-0.39, 0.29) is 116 Å². The highest BCUT2D eigenvalue weighted by Crippen LogP contribution is 2.35. The molecular weight excluding hydrogens is 868 g/mol. The second-order valence-electron chi connectivity index (χ2n) is 13.2. The first-order valence-electron chi connectivity index (χ1n) is 20.2. The molecule has 7 amide bonds. The van der Waals surface area contributed by atoms with Crippen LogP contribution >= 0.6 is 16.5 Å². The number of ether oxygens (including phenoxy) is 4. The Morgan fingerprint density at radius 2 is 0.887 bits per heavy atom. The second-order valence-corrected chi connectivity index (χ2v) is 14.5. The van der Waals surface area contributed by atoms with Gasteiger partial charge in [-0.3, -0.25) is 33.6 Å². The smallest absolute Gasteiger partial charge is 0.379 e. The van der Waals surface area contributed by atoms with Gasteiger partial charge in [0, 0.05) is 93.4 Å². The number of unbranched alkanes of at least 4 members (excludes halogenated alkanes) is 1. The molecule has 0 aliphatic carbocycles. The molecular formula is C35H65N7O18P2+2. The van der Waals surface area contributed by atoms with Gasteiger partial charge in [-0.2, -0.15) is 0 Å². The fourth-order valence-corrected chi connectivity index (χ4v) is 5.65. The molecule has 0 bridgehead atoms. The number of carbonyl (C=O) groups is 7. The lowest BCUT2D eigenvalue weighted by molar-refractivity contribution is -0.277. The molecule has 0 rings (SSSR count). The molecule has 0 fully saturated rings. The van der Waals surface area contributed by atoms with E-state index in [4.69, 9.17) is 34.5 Å². The molecule has 0 heterocycles. The van der Waals surface area contributed by atoms with Crippen molar-refractivity contribution >= 4 is 57.9 Å². The first kappa shape index (κ1) is 58.1. The maximum absolute atomic E-state index is 12.3. The summed E-state index contributed by atoms with van der Waals surface area (Å²) in [4.78, 5) is 102. The third kappa shape index (κ3) is 36.8. The Balaban J connectivity index is 3.91. The summed E-state index contributed by atoms with van der Waals surface area (Å²) >= 11 is 0. The number of hydrogen-bond acceptors (Lipinski definition) is 16. The molecule has 0 aromatic rings. The van der Waals surface area contributed by atoms with Crippen LogP contribution in [0.4, 0.5) is 0 Å². The van der Waals surface area contributed by atoms with E-state index in [9.17, 15) is 47.8 Å². The molecule has 0 saturated heterocycles. The molecule has 27 heteroatoms. The van der Waals surface area contributed by atoms with Gasteiger partial charge in [0.1, 0.15) is 6.04 Å². The highest BCUT2D eigenvalue weighted by molar-refractivity contribution is 7.33. The number of carbonyl (C=O) groups excluding carboxylic acids is 7. The number of amides is 7. The zero-order chi connectivity index (χ0) is 46.4. The summed E-state index contributed by atoms with van der Waals surface area (Å²) in [7, 11) is -6.72. The van der Waals surface area contributed by atoms with Crippen LogP contribution in [0.25, 0.3) is 0 Å². The van der Waals surface area contributed by atoms with Crippen LogP contribution in [0.3, 0.4) is 0 Å². The molecule has 11 N–H and O–H groups in total. The van der Waals surface area contributed by atoms with Gasteiger partial charge in [0.25, 0.3) is 0 Å². The van der Waals surface area contributed by atoms with Crippen molar-refractivity contribution in [2.45, 2.75) is 96.0 Å². The van der Waals surface area contributed by atoms with Crippen LogP contribution in [0.5, 0.6) is 0 Å². The van der Waals surface area contributed by atoms with E-state index in [2.05, 4.69) is 40.9 Å². The SMILES string of the molecule is CCCOCCOCCNC(=O)CCC(=O)NCCOCCOCCNC(=O)CCC(=O)N[C@@H](CCCCNC(=O)CCC(=O)NCCCC(O)(O[P+](=O)O)O[P+](=O)O)C(N)=O. The minimum atomic E-state index is -3.36. The Bertz CT molecular complexity index is 1370. The summed E-state index contributed by atoms with van der Waals surface area (Å²) < 4.78 is 51.4. The molecule has 0 aliphatic heterocycles. The average molecular weight is 934 g/mol. The monoisotopic (exact) mass is 933 g/mol. The zero-order valence-electron chi connectivity index (χ0n) is 35.2. The van der Waals surface area contributed by atoms with Crippen molar-refractivity contribution in [3.05, 3.63) is 0 Å². The van der Waals surface area contributed by atoms with Crippen molar-refractivity contribution < 1.29 is 85.6 Å². The topological polar surface area (TPSA) is 368 Å². The molecule has 25 nitrogen and oxygen atoms in total. The van der Waals surface area contributed by atoms with Crippen molar-refractivity contribution in [2.24, 2.45) is 5.73 Å². The third-order valence-electron chi connectivity index (χ3n) is 7.89. The lowest BCUT2D eigenvalue weighted by Crippen LogP contribution is -2.44. The minimum absolute atomic E-state index is 0.0456. The molecule has 3 atom stereocenters. The Hall–Kier alpha value is -3.87. The van der Waals surface area contributed by atoms with Crippen molar-refractivity contribution in [3.63, 3.8) is 0 Å². The lowest BCUT2D eigenvalue weighted by Gasteiger charge is -2.15. The van der Waals surface area contributed by atoms with Gasteiger partial charge in [0.05, 0.1) is 46.2 Å². The van der Waals surface area contributed by atoms with Crippen LogP contribution in [0.15, 0.2) is 0 Å². The van der Waals surface area contributed by atoms with E-state index < -0.39 is 64.5 Å². The van der Waals surface area contributed by atoms with E-state index in [0.29, 0.717) is 45.8 Å². The number of hydrogen-bond donors (Lipinski definition) is 10. The van der Waals surface area contributed by atoms with Gasteiger partial charge in [0.2, 0.25) is 41.4 Å². The first-order valence-corrected chi connectivity index (χ1v) is 22.5. The van der Waals surface area contributed by atoms with Crippen molar-refractivity contribution in [1.29, 1.82) is 0 Å². The molecule has 0 radical (unpaired) electrons. The predicted molar refractivity (Wildman–Crippen MR) is 217 cm³/mol. The number of nitrogens with two attached hydrogens (primary N) is 1. The van der Waals surface area contributed by atoms with Crippen LogP contribution in [0, 0.1) is 0 Å². The average Bonchev–Trinajstić information content (AvgIpc) is 3.20. The number of nitrogens with one attached hydrogen (secondary N) is 6. The molecule has 0 aromatic carbocycles. The van der Waals surface area contributed by atoms with Crippen molar-refractivity contribution in [3.8, 4) is 0 Å². The number of primary amides is 1. The maximum atomic E-state index is 12.3. The Labute approximate surface area is 362 Å². The minimum Gasteiger partial charge on any atom is -0.379 e. The van der Waals surface area contributed by atoms with E-state index in [1.165, 1.54) is 0 Å². The standard InChI is InChI=1S/C35H63N7O18P2/c1-2-19-55-23-24-56-20-16-39-30(45)9-10-31(46)40-17-21-57-25-26-58-22-18-41-32(47)11-12-33(48)42-27(34(36)49)6-3-4-14-37-28(43)7-8-29(44)38-15-5-13-35(50,59-61(51)52)60-62(53)54/h27,50H,2-26H2,1H3,(H8-2,36,37,38,39,40,41,42,43,44,45,46,47,48,49,51,52,53,54)/p+2/t27-/m0/s1. The quantitative estimate of drug-likeness (QED) is 0.0185. The highest BCUT2D eigenvalue weighted by atomic mass is 31.1. The van der Waals surface area contributed by atoms with Gasteiger partial charge in [-0.25, -0.2) is 0 Å². The Morgan fingerprint density at radius 3 is 1.26 bits per heavy atom. The third-order valence-corrected chi connectivity index (χ3v) is 8.77. The normalized spacial score (nSPS) is 12.9. The summed E-state index contributed by atoms with van der Waals surface area (Å²) in [5.74, 6) is -5.99. The van der Waals surface area contributed by atoms with Crippen molar-refractivity contribution in [2.75, 3.05) is 85.6 Å². The fraction of sp³-hybridized carbons (Fsp3) is 0.800. The van der Waals surface area contributed by atoms with Gasteiger partial charge in [-0.15, -0.1) is 9.79 Å². The van der Waals surface area contributed by atoms with Gasteiger partial charge >= 0.3 is 22.5 Å². The Kier molecular flexibility index (Phi) is 35.3. The fourth-order valence-electron chi connectivity index (χ4n) is 4.84. The van der Waals surface area contributed by atoms with E-state index in [0.717, 1.165) is 6.42 Å². The summed E-state index contributed by atoms with van der Waals surface area (Å²) in [5, 5.41) is 25.4. The van der Waals surface area contributed by atoms with Crippen LogP contribution < -0.4 is 37.6 Å². The van der Waals surface area contributed by atoms with Crippen LogP contribution in [-0.2, 0) is 70.7 Å². The molecule has 0 saturated carbocycles. The Morgan fingerprint density at radius 1 is 0.532 bits per heavy atom. The van der Waals surface area contributed by atoms with E-state index in [1.54, 1.807) is 0 Å². The van der Waals surface area contributed by atoms with Gasteiger partial charge < -0.3 is 61.7 Å². The maximum Gasteiger partial charge on any atom is 0.700 e. The predicted octanol–water partition coefficient (Wildman–Crippen LogP) is -1.72. The molecule has 0 spiro atoms. The lowest BCUT2D eigenvalue weighted by atomic mass is 10.1. The summed E-state index contributed by atoms with van der Waals surface area (Å²) in [6.07, 6.45) is 0.787. The number of aliphatic hydroxyl groups is 1. The van der Waals surface area contributed by atoms with Gasteiger partial charge in [-0.1, -0.05) is 6.92 Å². The number of rotatable bonds is 41. The zero-order valence-corrected chi connectivity index (χ0v) is 37.0. The van der Waals surface area contributed by atoms with E-state index in [1.807, 2.05) is 6.92 Å². The van der Waals surface area contributed by atoms with Gasteiger partial charge in [0.15, 0.2) is 0 Å². The first-order chi connectivity index (χ1) is 29.6. The van der Waals surface area contributed by atoms with E-state index >= 15 is 0 Å². The summed E-state index contributed by atoms with van der Waals surface area (Å²) in [5.41, 5.74) is 5.41. The van der Waals surface area contributed by atoms with Crippen molar-refractivity contribution in [1.82, 2.24) is 31.9 Å². The molecule has 2 unspecified atom stereocenters. The largest absolute Gasteiger partial charge is 0.700 e.